The summed E-state index contributed by atoms with van der Waals surface area (Å²) in [4.78, 5) is 12.3. The van der Waals surface area contributed by atoms with E-state index in [1.807, 2.05) is 24.3 Å². The Morgan fingerprint density at radius 3 is 3.05 bits per heavy atom. The van der Waals surface area contributed by atoms with E-state index in [0.29, 0.717) is 0 Å². The normalized spacial score (nSPS) is 18.7. The molecule has 20 heavy (non-hydrogen) atoms. The van der Waals surface area contributed by atoms with E-state index in [0.717, 1.165) is 37.3 Å². The highest BCUT2D eigenvalue weighted by Crippen LogP contribution is 2.20. The van der Waals surface area contributed by atoms with Crippen molar-refractivity contribution in [3.8, 4) is 5.69 Å². The molecule has 1 fully saturated rings. The first-order chi connectivity index (χ1) is 9.84. The second kappa shape index (κ2) is 5.79. The Balaban J connectivity index is 1.79. The number of piperidine rings is 1. The zero-order valence-corrected chi connectivity index (χ0v) is 11.0. The number of amides is 1. The van der Waals surface area contributed by atoms with E-state index in [4.69, 9.17) is 0 Å². The topological polar surface area (TPSA) is 84.7 Å². The standard InChI is InChI=1S/C13H16N6O/c20-13(10-4-3-7-14-8-10)16-11-5-1-2-6-12(11)19-9-15-17-18-19/h1-2,5-6,9-10,14H,3-4,7-8H2,(H,16,20)/t10-/m1/s1. The minimum Gasteiger partial charge on any atom is -0.324 e. The second-order valence-corrected chi connectivity index (χ2v) is 4.80. The van der Waals surface area contributed by atoms with Gasteiger partial charge in [0.1, 0.15) is 6.33 Å². The van der Waals surface area contributed by atoms with Gasteiger partial charge in [0, 0.05) is 6.54 Å². The number of hydrogen-bond donors (Lipinski definition) is 2. The van der Waals surface area contributed by atoms with Gasteiger partial charge in [-0.1, -0.05) is 12.1 Å². The zero-order valence-electron chi connectivity index (χ0n) is 11.0. The third-order valence-corrected chi connectivity index (χ3v) is 3.43. The molecule has 1 aromatic carbocycles. The minimum absolute atomic E-state index is 0.0191. The molecule has 1 atom stereocenters. The number of rotatable bonds is 3. The Bertz CT molecular complexity index is 576. The van der Waals surface area contributed by atoms with Crippen molar-refractivity contribution in [3.05, 3.63) is 30.6 Å². The van der Waals surface area contributed by atoms with Gasteiger partial charge in [-0.05, 0) is 41.9 Å². The van der Waals surface area contributed by atoms with Gasteiger partial charge in [-0.15, -0.1) is 5.10 Å². The van der Waals surface area contributed by atoms with Gasteiger partial charge in [0.25, 0.3) is 0 Å². The van der Waals surface area contributed by atoms with Crippen molar-refractivity contribution in [3.63, 3.8) is 0 Å². The van der Waals surface area contributed by atoms with Crippen molar-refractivity contribution in [2.24, 2.45) is 5.92 Å². The maximum atomic E-state index is 12.3. The molecule has 7 nitrogen and oxygen atoms in total. The smallest absolute Gasteiger partial charge is 0.228 e. The lowest BCUT2D eigenvalue weighted by atomic mass is 9.99. The molecule has 2 aromatic rings. The summed E-state index contributed by atoms with van der Waals surface area (Å²) in [5, 5.41) is 17.3. The molecule has 7 heteroatoms. The van der Waals surface area contributed by atoms with Crippen molar-refractivity contribution >= 4 is 11.6 Å². The van der Waals surface area contributed by atoms with Crippen molar-refractivity contribution in [1.29, 1.82) is 0 Å². The first kappa shape index (κ1) is 12.7. The fourth-order valence-electron chi connectivity index (χ4n) is 2.36. The van der Waals surface area contributed by atoms with Gasteiger partial charge in [0.15, 0.2) is 0 Å². The molecule has 1 aliphatic rings. The summed E-state index contributed by atoms with van der Waals surface area (Å²) < 4.78 is 1.54. The average molecular weight is 272 g/mol. The Hall–Kier alpha value is -2.28. The van der Waals surface area contributed by atoms with Crippen LogP contribution in [0.1, 0.15) is 12.8 Å². The molecule has 0 unspecified atom stereocenters. The third-order valence-electron chi connectivity index (χ3n) is 3.43. The molecule has 1 aliphatic heterocycles. The van der Waals surface area contributed by atoms with Crippen LogP contribution < -0.4 is 10.6 Å². The van der Waals surface area contributed by atoms with Crippen molar-refractivity contribution in [2.45, 2.75) is 12.8 Å². The fourth-order valence-corrected chi connectivity index (χ4v) is 2.36. The van der Waals surface area contributed by atoms with Gasteiger partial charge in [-0.25, -0.2) is 0 Å². The highest BCUT2D eigenvalue weighted by Gasteiger charge is 2.21. The molecule has 0 aliphatic carbocycles. The van der Waals surface area contributed by atoms with Crippen LogP contribution in [0, 0.1) is 5.92 Å². The largest absolute Gasteiger partial charge is 0.324 e. The van der Waals surface area contributed by atoms with Gasteiger partial charge in [0.05, 0.1) is 17.3 Å². The molecule has 0 saturated carbocycles. The predicted molar refractivity (Wildman–Crippen MR) is 73.4 cm³/mol. The second-order valence-electron chi connectivity index (χ2n) is 4.80. The van der Waals surface area contributed by atoms with Crippen LogP contribution in [0.5, 0.6) is 0 Å². The van der Waals surface area contributed by atoms with Crippen LogP contribution in [0.4, 0.5) is 5.69 Å². The van der Waals surface area contributed by atoms with E-state index in [9.17, 15) is 4.79 Å². The van der Waals surface area contributed by atoms with Crippen molar-refractivity contribution in [2.75, 3.05) is 18.4 Å². The summed E-state index contributed by atoms with van der Waals surface area (Å²) >= 11 is 0. The van der Waals surface area contributed by atoms with Crippen LogP contribution in [-0.4, -0.2) is 39.2 Å². The lowest BCUT2D eigenvalue weighted by Crippen LogP contribution is -2.37. The molecular formula is C13H16N6O. The summed E-state index contributed by atoms with van der Waals surface area (Å²) in [6.45, 7) is 1.73. The molecule has 0 bridgehead atoms. The number of tetrazole rings is 1. The van der Waals surface area contributed by atoms with E-state index >= 15 is 0 Å². The highest BCUT2D eigenvalue weighted by molar-refractivity contribution is 5.94. The zero-order chi connectivity index (χ0) is 13.8. The average Bonchev–Trinajstić information content (AvgIpc) is 3.03. The number of benzene rings is 1. The Labute approximate surface area is 116 Å². The molecule has 104 valence electrons. The van der Waals surface area contributed by atoms with E-state index in [1.54, 1.807) is 0 Å². The number of para-hydroxylation sites is 2. The van der Waals surface area contributed by atoms with E-state index in [-0.39, 0.29) is 11.8 Å². The first-order valence-corrected chi connectivity index (χ1v) is 6.68. The Morgan fingerprint density at radius 2 is 2.30 bits per heavy atom. The molecule has 2 N–H and O–H groups in total. The van der Waals surface area contributed by atoms with Gasteiger partial charge in [0.2, 0.25) is 5.91 Å². The number of carbonyl (C=O) groups is 1. The molecular weight excluding hydrogens is 256 g/mol. The number of anilines is 1. The molecule has 0 radical (unpaired) electrons. The van der Waals surface area contributed by atoms with Gasteiger partial charge >= 0.3 is 0 Å². The maximum Gasteiger partial charge on any atom is 0.228 e. The number of nitrogens with zero attached hydrogens (tertiary/aromatic N) is 4. The minimum atomic E-state index is 0.0191. The van der Waals surface area contributed by atoms with Gasteiger partial charge in [-0.2, -0.15) is 4.68 Å². The van der Waals surface area contributed by atoms with E-state index < -0.39 is 0 Å². The lowest BCUT2D eigenvalue weighted by Gasteiger charge is -2.22. The molecule has 3 rings (SSSR count). The summed E-state index contributed by atoms with van der Waals surface area (Å²) in [6.07, 6.45) is 3.46. The van der Waals surface area contributed by atoms with Gasteiger partial charge in [-0.3, -0.25) is 4.79 Å². The van der Waals surface area contributed by atoms with E-state index in [2.05, 4.69) is 26.2 Å². The summed E-state index contributed by atoms with van der Waals surface area (Å²) in [5.74, 6) is 0.0587. The highest BCUT2D eigenvalue weighted by atomic mass is 16.1. The molecule has 1 amide bonds. The number of aromatic nitrogens is 4. The molecule has 0 spiro atoms. The summed E-state index contributed by atoms with van der Waals surface area (Å²) in [6, 6.07) is 7.48. The molecule has 2 heterocycles. The van der Waals surface area contributed by atoms with Gasteiger partial charge < -0.3 is 10.6 Å². The monoisotopic (exact) mass is 272 g/mol. The SMILES string of the molecule is O=C(Nc1ccccc1-n1cnnn1)[C@@H]1CCCNC1. The van der Waals surface area contributed by atoms with Crippen molar-refractivity contribution in [1.82, 2.24) is 25.5 Å². The first-order valence-electron chi connectivity index (χ1n) is 6.68. The quantitative estimate of drug-likeness (QED) is 0.854. The number of hydrogen-bond acceptors (Lipinski definition) is 5. The Morgan fingerprint density at radius 1 is 1.40 bits per heavy atom. The lowest BCUT2D eigenvalue weighted by molar-refractivity contribution is -0.120. The molecule has 1 saturated heterocycles. The number of carbonyl (C=O) groups excluding carboxylic acids is 1. The van der Waals surface area contributed by atoms with Crippen LogP contribution >= 0.6 is 0 Å². The van der Waals surface area contributed by atoms with Crippen LogP contribution in [0.15, 0.2) is 30.6 Å². The van der Waals surface area contributed by atoms with Crippen LogP contribution in [-0.2, 0) is 4.79 Å². The fraction of sp³-hybridized carbons (Fsp3) is 0.385. The Kier molecular flexibility index (Phi) is 3.69. The van der Waals surface area contributed by atoms with Crippen LogP contribution in [0.25, 0.3) is 5.69 Å². The molecule has 1 aromatic heterocycles. The predicted octanol–water partition coefficient (Wildman–Crippen LogP) is 0.600. The van der Waals surface area contributed by atoms with E-state index in [1.165, 1.54) is 11.0 Å². The number of nitrogens with one attached hydrogen (secondary N) is 2. The summed E-state index contributed by atoms with van der Waals surface area (Å²) in [5.41, 5.74) is 1.48. The van der Waals surface area contributed by atoms with Crippen LogP contribution in [0.2, 0.25) is 0 Å². The van der Waals surface area contributed by atoms with Crippen LogP contribution in [0.3, 0.4) is 0 Å². The van der Waals surface area contributed by atoms with Crippen molar-refractivity contribution < 1.29 is 4.79 Å². The third kappa shape index (κ3) is 2.67. The summed E-state index contributed by atoms with van der Waals surface area (Å²) in [7, 11) is 0. The maximum absolute atomic E-state index is 12.3.